The monoisotopic (exact) mass is 360 g/mol. The molecule has 1 nitrogen and oxygen atoms in total. The number of methoxy groups -OCH3 is 1. The van der Waals surface area contributed by atoms with Crippen LogP contribution in [0, 0.1) is 0 Å². The number of thiophene rings is 1. The zero-order valence-corrected chi connectivity index (χ0v) is 14.5. The minimum atomic E-state index is 0.225. The Labute approximate surface area is 137 Å². The van der Waals surface area contributed by atoms with Gasteiger partial charge in [-0.3, -0.25) is 0 Å². The lowest BCUT2D eigenvalue weighted by atomic mass is 9.99. The van der Waals surface area contributed by atoms with Crippen LogP contribution in [-0.2, 0) is 6.42 Å². The molecule has 1 atom stereocenters. The van der Waals surface area contributed by atoms with Crippen LogP contribution in [0.4, 0.5) is 0 Å². The van der Waals surface area contributed by atoms with Gasteiger partial charge in [0.15, 0.2) is 0 Å². The minimum absolute atomic E-state index is 0.225. The van der Waals surface area contributed by atoms with Gasteiger partial charge >= 0.3 is 0 Å². The summed E-state index contributed by atoms with van der Waals surface area (Å²) in [6.07, 6.45) is 1.06. The van der Waals surface area contributed by atoms with Crippen molar-refractivity contribution < 1.29 is 4.74 Å². The Morgan fingerprint density at radius 2 is 1.86 bits per heavy atom. The van der Waals surface area contributed by atoms with Gasteiger partial charge in [0.1, 0.15) is 5.75 Å². The zero-order chi connectivity index (χ0) is 14.8. The zero-order valence-electron chi connectivity index (χ0n) is 12.1. The van der Waals surface area contributed by atoms with Crippen molar-refractivity contribution in [2.45, 2.75) is 18.2 Å². The maximum atomic E-state index is 5.49. The van der Waals surface area contributed by atoms with E-state index in [1.165, 1.54) is 21.4 Å². The van der Waals surface area contributed by atoms with Crippen LogP contribution in [0.15, 0.2) is 47.8 Å². The number of aryl methyl sites for hydroxylation is 1. The van der Waals surface area contributed by atoms with Gasteiger partial charge in [-0.1, -0.05) is 53.2 Å². The van der Waals surface area contributed by atoms with E-state index < -0.39 is 0 Å². The molecule has 1 unspecified atom stereocenters. The Bertz CT molecular complexity index is 763. The van der Waals surface area contributed by atoms with E-state index in [4.69, 9.17) is 4.74 Å². The lowest BCUT2D eigenvalue weighted by Crippen LogP contribution is -1.96. The summed E-state index contributed by atoms with van der Waals surface area (Å²) in [6, 6.07) is 14.9. The molecule has 0 amide bonds. The van der Waals surface area contributed by atoms with Gasteiger partial charge in [-0.05, 0) is 40.4 Å². The van der Waals surface area contributed by atoms with E-state index in [-0.39, 0.29) is 4.83 Å². The van der Waals surface area contributed by atoms with Gasteiger partial charge in [-0.25, -0.2) is 0 Å². The van der Waals surface area contributed by atoms with Crippen molar-refractivity contribution >= 4 is 38.0 Å². The van der Waals surface area contributed by atoms with Gasteiger partial charge in [0.2, 0.25) is 0 Å². The predicted molar refractivity (Wildman–Crippen MR) is 95.0 cm³/mol. The molecule has 1 heterocycles. The predicted octanol–water partition coefficient (Wildman–Crippen LogP) is 5.96. The molecule has 0 aliphatic carbocycles. The van der Waals surface area contributed by atoms with E-state index >= 15 is 0 Å². The highest BCUT2D eigenvalue weighted by molar-refractivity contribution is 9.09. The van der Waals surface area contributed by atoms with E-state index in [9.17, 15) is 0 Å². The maximum absolute atomic E-state index is 5.49. The van der Waals surface area contributed by atoms with Crippen molar-refractivity contribution in [2.24, 2.45) is 0 Å². The Morgan fingerprint density at radius 1 is 1.10 bits per heavy atom. The number of halogens is 1. The first-order valence-corrected chi connectivity index (χ1v) is 8.81. The topological polar surface area (TPSA) is 9.23 Å². The van der Waals surface area contributed by atoms with E-state index in [2.05, 4.69) is 70.7 Å². The molecule has 1 aromatic heterocycles. The molecular formula is C18H17BrOS. The third-order valence-corrected chi connectivity index (χ3v) is 6.08. The van der Waals surface area contributed by atoms with Crippen LogP contribution in [0.2, 0.25) is 0 Å². The van der Waals surface area contributed by atoms with Crippen molar-refractivity contribution in [3.05, 3.63) is 63.8 Å². The number of benzene rings is 2. The number of alkyl halides is 1. The molecule has 0 N–H and O–H groups in total. The molecule has 0 spiro atoms. The fourth-order valence-corrected chi connectivity index (χ4v) is 4.70. The number of hydrogen-bond acceptors (Lipinski definition) is 2. The number of rotatable bonds is 4. The van der Waals surface area contributed by atoms with Gasteiger partial charge in [0, 0.05) is 10.3 Å². The molecule has 2 aromatic carbocycles. The van der Waals surface area contributed by atoms with Crippen LogP contribution in [0.25, 0.3) is 10.8 Å². The summed E-state index contributed by atoms with van der Waals surface area (Å²) in [4.78, 5) is 1.62. The fourth-order valence-electron chi connectivity index (χ4n) is 2.70. The third-order valence-electron chi connectivity index (χ3n) is 3.80. The summed E-state index contributed by atoms with van der Waals surface area (Å²) in [7, 11) is 1.72. The summed E-state index contributed by atoms with van der Waals surface area (Å²) in [5.41, 5.74) is 2.71. The second-order valence-electron chi connectivity index (χ2n) is 4.93. The summed E-state index contributed by atoms with van der Waals surface area (Å²) >= 11 is 5.72. The second kappa shape index (κ2) is 6.20. The number of fused-ring (bicyclic) bond motifs is 1. The van der Waals surface area contributed by atoms with Crippen LogP contribution in [0.5, 0.6) is 5.75 Å². The largest absolute Gasteiger partial charge is 0.496 e. The van der Waals surface area contributed by atoms with E-state index in [1.54, 1.807) is 7.11 Å². The summed E-state index contributed by atoms with van der Waals surface area (Å²) in [6.45, 7) is 2.21. The Balaban J connectivity index is 2.17. The Hall–Kier alpha value is -1.32. The Morgan fingerprint density at radius 3 is 2.57 bits per heavy atom. The summed E-state index contributed by atoms with van der Waals surface area (Å²) in [5, 5.41) is 4.58. The van der Waals surface area contributed by atoms with Crippen molar-refractivity contribution in [3.8, 4) is 5.75 Å². The smallest absolute Gasteiger partial charge is 0.126 e. The maximum Gasteiger partial charge on any atom is 0.126 e. The molecule has 0 aliphatic heterocycles. The molecule has 0 aliphatic rings. The van der Waals surface area contributed by atoms with Crippen molar-refractivity contribution in [3.63, 3.8) is 0 Å². The highest BCUT2D eigenvalue weighted by Gasteiger charge is 2.18. The quantitative estimate of drug-likeness (QED) is 0.521. The van der Waals surface area contributed by atoms with Crippen molar-refractivity contribution in [1.29, 1.82) is 0 Å². The van der Waals surface area contributed by atoms with Gasteiger partial charge in [0.25, 0.3) is 0 Å². The third kappa shape index (κ3) is 2.60. The van der Waals surface area contributed by atoms with Gasteiger partial charge < -0.3 is 4.74 Å². The summed E-state index contributed by atoms with van der Waals surface area (Å²) in [5.74, 6) is 0.927. The van der Waals surface area contributed by atoms with Crippen LogP contribution < -0.4 is 4.74 Å². The molecule has 0 bridgehead atoms. The van der Waals surface area contributed by atoms with Gasteiger partial charge in [0.05, 0.1) is 11.9 Å². The first-order chi connectivity index (χ1) is 10.3. The van der Waals surface area contributed by atoms with E-state index in [0.29, 0.717) is 0 Å². The summed E-state index contributed by atoms with van der Waals surface area (Å²) < 4.78 is 5.49. The average Bonchev–Trinajstić information content (AvgIpc) is 3.01. The normalized spacial score (nSPS) is 12.5. The lowest BCUT2D eigenvalue weighted by molar-refractivity contribution is 0.419. The molecule has 3 heteroatoms. The van der Waals surface area contributed by atoms with Gasteiger partial charge in [-0.2, -0.15) is 0 Å². The van der Waals surface area contributed by atoms with Crippen molar-refractivity contribution in [1.82, 2.24) is 0 Å². The molecular weight excluding hydrogens is 344 g/mol. The molecule has 3 rings (SSSR count). The molecule has 21 heavy (non-hydrogen) atoms. The molecule has 108 valence electrons. The number of ether oxygens (including phenoxy) is 1. The van der Waals surface area contributed by atoms with Crippen LogP contribution in [0.3, 0.4) is 0 Å². The van der Waals surface area contributed by atoms with Crippen molar-refractivity contribution in [2.75, 3.05) is 7.11 Å². The Kier molecular flexibility index (Phi) is 4.32. The SMILES string of the molecule is CCc1ccsc1C(Br)c1ccc(OC)c2ccccc12. The fraction of sp³-hybridized carbons (Fsp3) is 0.222. The van der Waals surface area contributed by atoms with E-state index in [1.807, 2.05) is 11.3 Å². The average molecular weight is 361 g/mol. The van der Waals surface area contributed by atoms with Crippen LogP contribution in [0.1, 0.15) is 27.8 Å². The highest BCUT2D eigenvalue weighted by atomic mass is 79.9. The molecule has 0 saturated carbocycles. The highest BCUT2D eigenvalue weighted by Crippen LogP contribution is 2.41. The number of hydrogen-bond donors (Lipinski definition) is 0. The molecule has 3 aromatic rings. The van der Waals surface area contributed by atoms with E-state index in [0.717, 1.165) is 17.6 Å². The van der Waals surface area contributed by atoms with Gasteiger partial charge in [-0.15, -0.1) is 11.3 Å². The standard InChI is InChI=1S/C18H17BrOS/c1-3-12-10-11-21-18(12)17(19)15-8-9-16(20-2)14-7-5-4-6-13(14)15/h4-11,17H,3H2,1-2H3. The second-order valence-corrected chi connectivity index (χ2v) is 6.79. The molecule has 0 radical (unpaired) electrons. The molecule has 0 fully saturated rings. The molecule has 0 saturated heterocycles. The first-order valence-electron chi connectivity index (χ1n) is 7.02. The lowest BCUT2D eigenvalue weighted by Gasteiger charge is -2.15. The van der Waals surface area contributed by atoms with Crippen LogP contribution in [-0.4, -0.2) is 7.11 Å². The van der Waals surface area contributed by atoms with Crippen LogP contribution >= 0.6 is 27.3 Å². The minimum Gasteiger partial charge on any atom is -0.496 e. The first kappa shape index (κ1) is 14.6.